The highest BCUT2D eigenvalue weighted by molar-refractivity contribution is 5.94. The molecular formula is C21H29NO5. The third-order valence-electron chi connectivity index (χ3n) is 4.41. The molecule has 1 aromatic carbocycles. The Labute approximate surface area is 161 Å². The van der Waals surface area contributed by atoms with Gasteiger partial charge in [0.25, 0.3) is 0 Å². The minimum Gasteiger partial charge on any atom is -0.493 e. The normalized spacial score (nSPS) is 17.0. The third-order valence-corrected chi connectivity index (χ3v) is 4.41. The number of ether oxygens (including phenoxy) is 3. The average molecular weight is 375 g/mol. The van der Waals surface area contributed by atoms with Crippen LogP contribution < -0.4 is 9.47 Å². The summed E-state index contributed by atoms with van der Waals surface area (Å²) in [5.74, 6) is 0.803. The molecule has 1 fully saturated rings. The summed E-state index contributed by atoms with van der Waals surface area (Å²) >= 11 is 0. The molecule has 1 heterocycles. The first-order valence-electron chi connectivity index (χ1n) is 9.56. The maximum absolute atomic E-state index is 12.6. The van der Waals surface area contributed by atoms with Gasteiger partial charge < -0.3 is 19.1 Å². The van der Waals surface area contributed by atoms with Gasteiger partial charge in [0.1, 0.15) is 6.04 Å². The highest BCUT2D eigenvalue weighted by Gasteiger charge is 2.32. The summed E-state index contributed by atoms with van der Waals surface area (Å²) in [5, 5.41) is 0. The van der Waals surface area contributed by atoms with Crippen molar-refractivity contribution < 1.29 is 23.8 Å². The Hall–Kier alpha value is -2.50. The predicted octanol–water partition coefficient (Wildman–Crippen LogP) is 3.44. The van der Waals surface area contributed by atoms with Crippen molar-refractivity contribution in [3.05, 3.63) is 29.8 Å². The molecule has 27 heavy (non-hydrogen) atoms. The van der Waals surface area contributed by atoms with Crippen LogP contribution >= 0.6 is 0 Å². The summed E-state index contributed by atoms with van der Waals surface area (Å²) in [4.78, 5) is 26.4. The van der Waals surface area contributed by atoms with Crippen LogP contribution in [0.15, 0.2) is 24.3 Å². The first-order valence-corrected chi connectivity index (χ1v) is 9.56. The van der Waals surface area contributed by atoms with Crippen LogP contribution in [0.5, 0.6) is 11.5 Å². The van der Waals surface area contributed by atoms with Crippen LogP contribution in [0.25, 0.3) is 6.08 Å². The van der Waals surface area contributed by atoms with Crippen molar-refractivity contribution in [3.63, 3.8) is 0 Å². The van der Waals surface area contributed by atoms with Gasteiger partial charge in [-0.25, -0.2) is 4.79 Å². The summed E-state index contributed by atoms with van der Waals surface area (Å²) < 4.78 is 16.1. The average Bonchev–Trinajstić information content (AvgIpc) is 2.70. The highest BCUT2D eigenvalue weighted by atomic mass is 16.5. The zero-order chi connectivity index (χ0) is 19.6. The van der Waals surface area contributed by atoms with Crippen LogP contribution in [0, 0.1) is 0 Å². The molecule has 0 aromatic heterocycles. The van der Waals surface area contributed by atoms with E-state index in [0.717, 1.165) is 24.8 Å². The molecule has 0 aliphatic carbocycles. The zero-order valence-corrected chi connectivity index (χ0v) is 16.4. The number of hydrogen-bond acceptors (Lipinski definition) is 5. The molecule has 1 aromatic rings. The monoisotopic (exact) mass is 375 g/mol. The predicted molar refractivity (Wildman–Crippen MR) is 104 cm³/mol. The maximum Gasteiger partial charge on any atom is 0.328 e. The fraction of sp³-hybridized carbons (Fsp3) is 0.524. The van der Waals surface area contributed by atoms with Gasteiger partial charge in [-0.15, -0.1) is 0 Å². The Morgan fingerprint density at radius 1 is 1.22 bits per heavy atom. The molecule has 1 aliphatic rings. The van der Waals surface area contributed by atoms with Gasteiger partial charge in [-0.1, -0.05) is 13.0 Å². The van der Waals surface area contributed by atoms with Crippen molar-refractivity contribution in [2.45, 2.75) is 45.6 Å². The highest BCUT2D eigenvalue weighted by Crippen LogP contribution is 2.29. The van der Waals surface area contributed by atoms with Crippen LogP contribution in [0.1, 0.15) is 45.1 Å². The van der Waals surface area contributed by atoms with Crippen LogP contribution in [0.2, 0.25) is 0 Å². The number of carbonyl (C=O) groups is 2. The molecule has 1 aliphatic heterocycles. The molecular weight excluding hydrogens is 346 g/mol. The van der Waals surface area contributed by atoms with E-state index in [1.165, 1.54) is 6.08 Å². The Balaban J connectivity index is 2.09. The topological polar surface area (TPSA) is 65.1 Å². The van der Waals surface area contributed by atoms with E-state index in [2.05, 4.69) is 0 Å². The van der Waals surface area contributed by atoms with Crippen molar-refractivity contribution in [2.75, 3.05) is 26.9 Å². The van der Waals surface area contributed by atoms with Crippen molar-refractivity contribution in [3.8, 4) is 11.5 Å². The van der Waals surface area contributed by atoms with E-state index in [4.69, 9.17) is 14.2 Å². The summed E-state index contributed by atoms with van der Waals surface area (Å²) in [6, 6.07) is 5.04. The zero-order valence-electron chi connectivity index (χ0n) is 16.4. The van der Waals surface area contributed by atoms with E-state index in [1.54, 1.807) is 25.0 Å². The number of likely N-dealkylation sites (tertiary alicyclic amines) is 1. The number of benzene rings is 1. The van der Waals surface area contributed by atoms with Gasteiger partial charge in [-0.3, -0.25) is 4.79 Å². The molecule has 0 bridgehead atoms. The van der Waals surface area contributed by atoms with E-state index < -0.39 is 6.04 Å². The Kier molecular flexibility index (Phi) is 8.17. The van der Waals surface area contributed by atoms with E-state index in [1.807, 2.05) is 25.1 Å². The fourth-order valence-electron chi connectivity index (χ4n) is 3.06. The van der Waals surface area contributed by atoms with Gasteiger partial charge >= 0.3 is 5.97 Å². The molecule has 0 radical (unpaired) electrons. The molecule has 1 saturated heterocycles. The van der Waals surface area contributed by atoms with E-state index in [9.17, 15) is 9.59 Å². The lowest BCUT2D eigenvalue weighted by molar-refractivity contribution is -0.155. The number of hydrogen-bond donors (Lipinski definition) is 0. The van der Waals surface area contributed by atoms with Crippen LogP contribution in [0.3, 0.4) is 0 Å². The Morgan fingerprint density at radius 2 is 2.04 bits per heavy atom. The number of piperidine rings is 1. The van der Waals surface area contributed by atoms with Crippen molar-refractivity contribution in [1.29, 1.82) is 0 Å². The quantitative estimate of drug-likeness (QED) is 0.514. The number of nitrogens with zero attached hydrogens (tertiary/aromatic N) is 1. The second-order valence-corrected chi connectivity index (χ2v) is 6.39. The molecule has 1 unspecified atom stereocenters. The van der Waals surface area contributed by atoms with Crippen molar-refractivity contribution >= 4 is 18.0 Å². The van der Waals surface area contributed by atoms with Crippen molar-refractivity contribution in [2.24, 2.45) is 0 Å². The number of methoxy groups -OCH3 is 1. The van der Waals surface area contributed by atoms with Gasteiger partial charge in [-0.05, 0) is 56.4 Å². The molecule has 6 heteroatoms. The molecule has 2 rings (SSSR count). The number of rotatable bonds is 8. The Morgan fingerprint density at radius 3 is 2.74 bits per heavy atom. The molecule has 0 spiro atoms. The second kappa shape index (κ2) is 10.6. The molecule has 6 nitrogen and oxygen atoms in total. The van der Waals surface area contributed by atoms with Gasteiger partial charge in [0.15, 0.2) is 11.5 Å². The van der Waals surface area contributed by atoms with Crippen LogP contribution in [-0.4, -0.2) is 49.7 Å². The summed E-state index contributed by atoms with van der Waals surface area (Å²) in [7, 11) is 1.59. The Bertz CT molecular complexity index is 671. The molecule has 0 saturated carbocycles. The summed E-state index contributed by atoms with van der Waals surface area (Å²) in [6.45, 7) is 5.32. The first kappa shape index (κ1) is 20.8. The maximum atomic E-state index is 12.6. The lowest BCUT2D eigenvalue weighted by Gasteiger charge is -2.33. The smallest absolute Gasteiger partial charge is 0.328 e. The molecule has 1 atom stereocenters. The van der Waals surface area contributed by atoms with Gasteiger partial charge in [-0.2, -0.15) is 0 Å². The largest absolute Gasteiger partial charge is 0.493 e. The number of amides is 1. The number of esters is 1. The SMILES string of the molecule is CCCOc1ccc(/C=C/C(=O)N2CCCCC2C(=O)OCC)cc1OC. The van der Waals surface area contributed by atoms with E-state index in [-0.39, 0.29) is 11.9 Å². The fourth-order valence-corrected chi connectivity index (χ4v) is 3.06. The molecule has 1 amide bonds. The lowest BCUT2D eigenvalue weighted by Crippen LogP contribution is -2.48. The van der Waals surface area contributed by atoms with Gasteiger partial charge in [0.05, 0.1) is 20.3 Å². The standard InChI is InChI=1S/C21H29NO5/c1-4-14-27-18-11-9-16(15-19(18)25-3)10-12-20(23)22-13-7-6-8-17(22)21(24)26-5-2/h9-12,15,17H,4-8,13-14H2,1-3H3/b12-10+. The van der Waals surface area contributed by atoms with E-state index >= 15 is 0 Å². The lowest BCUT2D eigenvalue weighted by atomic mass is 10.0. The summed E-state index contributed by atoms with van der Waals surface area (Å²) in [6.07, 6.45) is 6.61. The van der Waals surface area contributed by atoms with E-state index in [0.29, 0.717) is 37.7 Å². The van der Waals surface area contributed by atoms with Crippen molar-refractivity contribution in [1.82, 2.24) is 4.90 Å². The summed E-state index contributed by atoms with van der Waals surface area (Å²) in [5.41, 5.74) is 0.828. The second-order valence-electron chi connectivity index (χ2n) is 6.39. The van der Waals surface area contributed by atoms with Crippen LogP contribution in [0.4, 0.5) is 0 Å². The van der Waals surface area contributed by atoms with Gasteiger partial charge in [0, 0.05) is 12.6 Å². The minimum absolute atomic E-state index is 0.182. The van der Waals surface area contributed by atoms with Crippen LogP contribution in [-0.2, 0) is 14.3 Å². The molecule has 0 N–H and O–H groups in total. The first-order chi connectivity index (χ1) is 13.1. The van der Waals surface area contributed by atoms with Gasteiger partial charge in [0.2, 0.25) is 5.91 Å². The third kappa shape index (κ3) is 5.74. The minimum atomic E-state index is -0.491. The molecule has 148 valence electrons. The number of carbonyl (C=O) groups excluding carboxylic acids is 2.